The number of amides is 1. The first-order valence-corrected chi connectivity index (χ1v) is 9.71. The van der Waals surface area contributed by atoms with Crippen LogP contribution in [0.2, 0.25) is 0 Å². The zero-order valence-corrected chi connectivity index (χ0v) is 17.3. The second-order valence-corrected chi connectivity index (χ2v) is 7.89. The number of esters is 1. The number of ether oxygens (including phenoxy) is 3. The largest absolute Gasteiger partial charge is 0.466 e. The number of anilines is 1. The number of aromatic nitrogens is 1. The van der Waals surface area contributed by atoms with Crippen molar-refractivity contribution in [3.8, 4) is 0 Å². The monoisotopic (exact) mass is 410 g/mol. The van der Waals surface area contributed by atoms with Gasteiger partial charge in [0.25, 0.3) is 0 Å². The van der Waals surface area contributed by atoms with Gasteiger partial charge in [0, 0.05) is 24.6 Å². The van der Waals surface area contributed by atoms with Crippen molar-refractivity contribution in [2.45, 2.75) is 77.0 Å². The fourth-order valence-corrected chi connectivity index (χ4v) is 3.09. The first kappa shape index (κ1) is 23.1. The molecule has 1 unspecified atom stereocenters. The molecule has 1 aromatic heterocycles. The summed E-state index contributed by atoms with van der Waals surface area (Å²) in [6.45, 7) is 7.26. The van der Waals surface area contributed by atoms with Gasteiger partial charge < -0.3 is 24.4 Å². The highest BCUT2D eigenvalue weighted by Gasteiger charge is 2.38. The number of nitrogens with one attached hydrogen (secondary N) is 1. The Balaban J connectivity index is 2.12. The lowest BCUT2D eigenvalue weighted by molar-refractivity contribution is -0.175. The molecule has 4 atom stereocenters. The van der Waals surface area contributed by atoms with Crippen molar-refractivity contribution in [2.75, 3.05) is 11.9 Å². The van der Waals surface area contributed by atoms with Gasteiger partial charge in [-0.05, 0) is 40.2 Å². The number of carbonyl (C=O) groups excluding carboxylic acids is 2. The van der Waals surface area contributed by atoms with Crippen molar-refractivity contribution in [1.82, 2.24) is 4.98 Å². The van der Waals surface area contributed by atoms with Gasteiger partial charge in [-0.2, -0.15) is 0 Å². The van der Waals surface area contributed by atoms with Gasteiger partial charge in [-0.1, -0.05) is 0 Å². The van der Waals surface area contributed by atoms with Crippen LogP contribution in [-0.4, -0.2) is 57.8 Å². The fraction of sp³-hybridized carbons (Fsp3) is 0.650. The molecule has 2 rings (SSSR count). The average molecular weight is 410 g/mol. The lowest BCUT2D eigenvalue weighted by Gasteiger charge is -2.38. The highest BCUT2D eigenvalue weighted by molar-refractivity contribution is 5.85. The van der Waals surface area contributed by atoms with Crippen molar-refractivity contribution in [3.63, 3.8) is 0 Å². The zero-order chi connectivity index (χ0) is 21.6. The second-order valence-electron chi connectivity index (χ2n) is 7.89. The van der Waals surface area contributed by atoms with Crippen LogP contribution in [0.4, 0.5) is 10.5 Å². The Morgan fingerprint density at radius 2 is 2.07 bits per heavy atom. The van der Waals surface area contributed by atoms with Crippen molar-refractivity contribution < 1.29 is 34.0 Å². The van der Waals surface area contributed by atoms with E-state index in [2.05, 4.69) is 10.3 Å². The Bertz CT molecular complexity index is 704. The summed E-state index contributed by atoms with van der Waals surface area (Å²) >= 11 is 0. The van der Waals surface area contributed by atoms with Crippen LogP contribution in [-0.2, 0) is 19.0 Å². The molecule has 0 bridgehead atoms. The highest BCUT2D eigenvalue weighted by Crippen LogP contribution is 2.36. The molecule has 162 valence electrons. The second kappa shape index (κ2) is 10.00. The maximum Gasteiger partial charge on any atom is 0.412 e. The molecular formula is C20H30N2O7. The fourth-order valence-electron chi connectivity index (χ4n) is 3.09. The van der Waals surface area contributed by atoms with Gasteiger partial charge in [-0.3, -0.25) is 15.1 Å². The molecular weight excluding hydrogens is 380 g/mol. The van der Waals surface area contributed by atoms with E-state index in [0.29, 0.717) is 11.3 Å². The van der Waals surface area contributed by atoms with Crippen LogP contribution in [0.5, 0.6) is 0 Å². The van der Waals surface area contributed by atoms with Gasteiger partial charge in [0.1, 0.15) is 11.7 Å². The SMILES string of the molecule is CCOC(=O)CC[C@H]1OC(c2ccncc2NC(=O)OC(C)(C)C)C[C@@H](O)[C@@H]1O. The molecule has 1 aliphatic rings. The number of hydrogen-bond donors (Lipinski definition) is 3. The molecule has 0 spiro atoms. The summed E-state index contributed by atoms with van der Waals surface area (Å²) in [6.07, 6.45) is -0.747. The summed E-state index contributed by atoms with van der Waals surface area (Å²) in [4.78, 5) is 27.8. The molecule has 9 nitrogen and oxygen atoms in total. The molecule has 0 aliphatic carbocycles. The molecule has 3 N–H and O–H groups in total. The van der Waals surface area contributed by atoms with Crippen molar-refractivity contribution in [1.29, 1.82) is 0 Å². The Kier molecular flexibility index (Phi) is 7.95. The summed E-state index contributed by atoms with van der Waals surface area (Å²) < 4.78 is 16.1. The summed E-state index contributed by atoms with van der Waals surface area (Å²) in [6, 6.07) is 1.67. The highest BCUT2D eigenvalue weighted by atomic mass is 16.6. The minimum atomic E-state index is -1.12. The lowest BCUT2D eigenvalue weighted by atomic mass is 9.91. The standard InChI is InChI=1S/C20H30N2O7/c1-5-27-17(24)7-6-15-18(25)14(23)10-16(28-15)12-8-9-21-11-13(12)22-19(26)29-20(2,3)4/h8-9,11,14-16,18,23,25H,5-7,10H2,1-4H3,(H,22,26)/t14-,15-,16?,18+/m1/s1. The van der Waals surface area contributed by atoms with E-state index < -0.39 is 42.1 Å². The first-order valence-electron chi connectivity index (χ1n) is 9.71. The van der Waals surface area contributed by atoms with Crippen LogP contribution >= 0.6 is 0 Å². The van der Waals surface area contributed by atoms with Crippen LogP contribution in [0.1, 0.15) is 58.6 Å². The minimum absolute atomic E-state index is 0.0639. The third-order valence-electron chi connectivity index (χ3n) is 4.35. The maximum absolute atomic E-state index is 12.1. The van der Waals surface area contributed by atoms with Crippen LogP contribution in [0.15, 0.2) is 18.5 Å². The molecule has 0 aromatic carbocycles. The number of carbonyl (C=O) groups is 2. The number of aliphatic hydroxyl groups excluding tert-OH is 2. The van der Waals surface area contributed by atoms with Crippen molar-refractivity contribution in [3.05, 3.63) is 24.0 Å². The van der Waals surface area contributed by atoms with E-state index in [1.807, 2.05) is 0 Å². The Labute approximate surface area is 170 Å². The van der Waals surface area contributed by atoms with Crippen LogP contribution in [0.3, 0.4) is 0 Å². The quantitative estimate of drug-likeness (QED) is 0.610. The number of nitrogens with zero attached hydrogens (tertiary/aromatic N) is 1. The van der Waals surface area contributed by atoms with Gasteiger partial charge in [-0.25, -0.2) is 4.79 Å². The Morgan fingerprint density at radius 1 is 1.34 bits per heavy atom. The molecule has 1 amide bonds. The maximum atomic E-state index is 12.1. The van der Waals surface area contributed by atoms with Crippen LogP contribution in [0.25, 0.3) is 0 Å². The number of aliphatic hydroxyl groups is 2. The summed E-state index contributed by atoms with van der Waals surface area (Å²) in [5.74, 6) is -0.392. The van der Waals surface area contributed by atoms with Gasteiger partial charge in [0.05, 0.1) is 36.8 Å². The number of hydrogen-bond acceptors (Lipinski definition) is 8. The summed E-state index contributed by atoms with van der Waals surface area (Å²) in [7, 11) is 0. The van der Waals surface area contributed by atoms with E-state index in [9.17, 15) is 19.8 Å². The summed E-state index contributed by atoms with van der Waals surface area (Å²) in [5, 5.41) is 23.2. The predicted molar refractivity (Wildman–Crippen MR) is 104 cm³/mol. The smallest absolute Gasteiger partial charge is 0.412 e. The third kappa shape index (κ3) is 6.95. The molecule has 0 radical (unpaired) electrons. The number of rotatable bonds is 6. The van der Waals surface area contributed by atoms with E-state index >= 15 is 0 Å². The average Bonchev–Trinajstić information content (AvgIpc) is 2.62. The van der Waals surface area contributed by atoms with E-state index in [4.69, 9.17) is 14.2 Å². The topological polar surface area (TPSA) is 127 Å². The molecule has 29 heavy (non-hydrogen) atoms. The van der Waals surface area contributed by atoms with Gasteiger partial charge in [0.2, 0.25) is 0 Å². The minimum Gasteiger partial charge on any atom is -0.466 e. The van der Waals surface area contributed by atoms with Crippen molar-refractivity contribution >= 4 is 17.7 Å². The van der Waals surface area contributed by atoms with E-state index in [0.717, 1.165) is 0 Å². The zero-order valence-electron chi connectivity index (χ0n) is 17.3. The van der Waals surface area contributed by atoms with E-state index in [1.54, 1.807) is 40.0 Å². The number of pyridine rings is 1. The molecule has 9 heteroatoms. The van der Waals surface area contributed by atoms with Gasteiger partial charge in [-0.15, -0.1) is 0 Å². The van der Waals surface area contributed by atoms with Crippen molar-refractivity contribution in [2.24, 2.45) is 0 Å². The van der Waals surface area contributed by atoms with Crippen LogP contribution < -0.4 is 5.32 Å². The van der Waals surface area contributed by atoms with Gasteiger partial charge in [0.15, 0.2) is 0 Å². The molecule has 2 heterocycles. The predicted octanol–water partition coefficient (Wildman–Crippen LogP) is 2.32. The molecule has 1 aliphatic heterocycles. The molecule has 1 aromatic rings. The third-order valence-corrected chi connectivity index (χ3v) is 4.35. The molecule has 0 saturated carbocycles. The van der Waals surface area contributed by atoms with Gasteiger partial charge >= 0.3 is 12.1 Å². The Hall–Kier alpha value is -2.23. The van der Waals surface area contributed by atoms with Crippen LogP contribution in [0, 0.1) is 0 Å². The lowest BCUT2D eigenvalue weighted by Crippen LogP contribution is -2.45. The normalized spacial score (nSPS) is 24.6. The molecule has 1 saturated heterocycles. The van der Waals surface area contributed by atoms with E-state index in [1.165, 1.54) is 6.20 Å². The van der Waals surface area contributed by atoms with E-state index in [-0.39, 0.29) is 25.9 Å². The Morgan fingerprint density at radius 3 is 2.72 bits per heavy atom. The molecule has 1 fully saturated rings. The first-order chi connectivity index (χ1) is 13.6. The summed E-state index contributed by atoms with van der Waals surface area (Å²) in [5.41, 5.74) is 0.323.